The molecule has 0 spiro atoms. The van der Waals surface area contributed by atoms with Gasteiger partial charge < -0.3 is 10.2 Å². The highest BCUT2D eigenvalue weighted by molar-refractivity contribution is 5.98. The predicted molar refractivity (Wildman–Crippen MR) is 98.9 cm³/mol. The molecule has 0 fully saturated rings. The summed E-state index contributed by atoms with van der Waals surface area (Å²) in [7, 11) is 0. The van der Waals surface area contributed by atoms with Crippen LogP contribution in [0.5, 0.6) is 0 Å². The summed E-state index contributed by atoms with van der Waals surface area (Å²) < 4.78 is 0. The summed E-state index contributed by atoms with van der Waals surface area (Å²) in [6.07, 6.45) is 0.165. The number of nitrogens with zero attached hydrogens (tertiary/aromatic N) is 1. The third-order valence-corrected chi connectivity index (χ3v) is 3.93. The highest BCUT2D eigenvalue weighted by Crippen LogP contribution is 2.18. The van der Waals surface area contributed by atoms with Crippen LogP contribution in [0.15, 0.2) is 48.5 Å². The van der Waals surface area contributed by atoms with Gasteiger partial charge in [-0.15, -0.1) is 0 Å². The number of rotatable bonds is 6. The van der Waals surface area contributed by atoms with E-state index in [1.807, 2.05) is 31.2 Å². The van der Waals surface area contributed by atoms with E-state index in [9.17, 15) is 14.4 Å². The van der Waals surface area contributed by atoms with E-state index in [0.29, 0.717) is 11.3 Å². The van der Waals surface area contributed by atoms with Crippen LogP contribution in [-0.4, -0.2) is 24.1 Å². The number of Topliss-reactive ketones (excluding diaryl/α,β-unsaturated/α-hetero) is 1. The van der Waals surface area contributed by atoms with E-state index in [-0.39, 0.29) is 30.6 Å². The molecule has 0 aliphatic carbocycles. The summed E-state index contributed by atoms with van der Waals surface area (Å²) in [5.41, 5.74) is 2.89. The van der Waals surface area contributed by atoms with Crippen LogP contribution in [0.3, 0.4) is 0 Å². The van der Waals surface area contributed by atoms with Gasteiger partial charge in [0.05, 0.1) is 0 Å². The number of hydrogen-bond acceptors (Lipinski definition) is 3. The lowest BCUT2D eigenvalue weighted by atomic mass is 10.1. The standard InChI is InChI=1S/C20H22N2O3/c1-14-7-4-5-10-19(14)21-20(25)11-12-22(16(3)24)18-9-6-8-17(13-18)15(2)23/h4-10,13H,11-12H2,1-3H3,(H,21,25). The highest BCUT2D eigenvalue weighted by atomic mass is 16.2. The molecule has 0 atom stereocenters. The van der Waals surface area contributed by atoms with Gasteiger partial charge in [-0.05, 0) is 37.6 Å². The van der Waals surface area contributed by atoms with Crippen molar-refractivity contribution in [1.82, 2.24) is 0 Å². The van der Waals surface area contributed by atoms with Gasteiger partial charge in [0.1, 0.15) is 0 Å². The Morgan fingerprint density at radius 2 is 1.72 bits per heavy atom. The monoisotopic (exact) mass is 338 g/mol. The van der Waals surface area contributed by atoms with Gasteiger partial charge in [-0.2, -0.15) is 0 Å². The van der Waals surface area contributed by atoms with Crippen molar-refractivity contribution in [3.05, 3.63) is 59.7 Å². The first-order chi connectivity index (χ1) is 11.9. The fraction of sp³-hybridized carbons (Fsp3) is 0.250. The number of hydrogen-bond donors (Lipinski definition) is 1. The molecule has 2 aromatic carbocycles. The van der Waals surface area contributed by atoms with E-state index in [0.717, 1.165) is 11.3 Å². The smallest absolute Gasteiger partial charge is 0.226 e. The van der Waals surface area contributed by atoms with Gasteiger partial charge in [0, 0.05) is 36.8 Å². The molecule has 0 unspecified atom stereocenters. The number of ketones is 1. The second-order valence-electron chi connectivity index (χ2n) is 5.89. The Morgan fingerprint density at radius 1 is 1.00 bits per heavy atom. The zero-order valence-electron chi connectivity index (χ0n) is 14.7. The zero-order valence-corrected chi connectivity index (χ0v) is 14.7. The van der Waals surface area contributed by atoms with Crippen LogP contribution in [0, 0.1) is 6.92 Å². The first kappa shape index (κ1) is 18.4. The molecular weight excluding hydrogens is 316 g/mol. The minimum Gasteiger partial charge on any atom is -0.326 e. The Bertz CT molecular complexity index is 799. The van der Waals surface area contributed by atoms with Gasteiger partial charge in [-0.3, -0.25) is 14.4 Å². The fourth-order valence-corrected chi connectivity index (χ4v) is 2.50. The minimum absolute atomic E-state index is 0.0670. The van der Waals surface area contributed by atoms with Crippen molar-refractivity contribution in [1.29, 1.82) is 0 Å². The van der Waals surface area contributed by atoms with E-state index in [1.54, 1.807) is 24.3 Å². The van der Waals surface area contributed by atoms with Crippen LogP contribution < -0.4 is 10.2 Å². The molecule has 0 heterocycles. The van der Waals surface area contributed by atoms with E-state index in [1.165, 1.54) is 18.7 Å². The molecule has 2 aromatic rings. The van der Waals surface area contributed by atoms with Gasteiger partial charge in [-0.1, -0.05) is 30.3 Å². The predicted octanol–water partition coefficient (Wildman–Crippen LogP) is 3.58. The molecule has 0 radical (unpaired) electrons. The molecule has 1 N–H and O–H groups in total. The van der Waals surface area contributed by atoms with E-state index in [4.69, 9.17) is 0 Å². The topological polar surface area (TPSA) is 66.5 Å². The molecule has 130 valence electrons. The van der Waals surface area contributed by atoms with Crippen LogP contribution in [0.2, 0.25) is 0 Å². The zero-order chi connectivity index (χ0) is 18.4. The number of nitrogens with one attached hydrogen (secondary N) is 1. The first-order valence-electron chi connectivity index (χ1n) is 8.13. The third-order valence-electron chi connectivity index (χ3n) is 3.93. The number of amides is 2. The van der Waals surface area contributed by atoms with Gasteiger partial charge >= 0.3 is 0 Å². The SMILES string of the molecule is CC(=O)c1cccc(N(CCC(=O)Nc2ccccc2C)C(C)=O)c1. The highest BCUT2D eigenvalue weighted by Gasteiger charge is 2.15. The second kappa shape index (κ2) is 8.24. The second-order valence-corrected chi connectivity index (χ2v) is 5.89. The summed E-state index contributed by atoms with van der Waals surface area (Å²) in [6, 6.07) is 14.4. The Labute approximate surface area is 147 Å². The van der Waals surface area contributed by atoms with Crippen LogP contribution in [0.4, 0.5) is 11.4 Å². The summed E-state index contributed by atoms with van der Waals surface area (Å²) in [4.78, 5) is 37.2. The molecule has 0 saturated heterocycles. The Kier molecular flexibility index (Phi) is 6.06. The van der Waals surface area contributed by atoms with Crippen molar-refractivity contribution < 1.29 is 14.4 Å². The number of aryl methyl sites for hydroxylation is 1. The number of carbonyl (C=O) groups excluding carboxylic acids is 3. The molecule has 0 aliphatic rings. The maximum atomic E-state index is 12.2. The Balaban J connectivity index is 2.06. The molecule has 25 heavy (non-hydrogen) atoms. The number of para-hydroxylation sites is 1. The summed E-state index contributed by atoms with van der Waals surface area (Å²) in [6.45, 7) is 5.09. The molecule has 2 amide bonds. The summed E-state index contributed by atoms with van der Waals surface area (Å²) in [5.74, 6) is -0.407. The van der Waals surface area contributed by atoms with Crippen molar-refractivity contribution in [3.8, 4) is 0 Å². The quantitative estimate of drug-likeness (QED) is 0.819. The van der Waals surface area contributed by atoms with Crippen LogP contribution in [0.25, 0.3) is 0 Å². The van der Waals surface area contributed by atoms with Gasteiger partial charge in [-0.25, -0.2) is 0 Å². The fourth-order valence-electron chi connectivity index (χ4n) is 2.50. The van der Waals surface area contributed by atoms with Gasteiger partial charge in [0.25, 0.3) is 0 Å². The van der Waals surface area contributed by atoms with Gasteiger partial charge in [0.15, 0.2) is 5.78 Å². The molecule has 0 aromatic heterocycles. The maximum Gasteiger partial charge on any atom is 0.226 e. The molecule has 0 saturated carbocycles. The van der Waals surface area contributed by atoms with Crippen LogP contribution in [-0.2, 0) is 9.59 Å². The average molecular weight is 338 g/mol. The molecule has 0 bridgehead atoms. The molecular formula is C20H22N2O3. The van der Waals surface area contributed by atoms with Gasteiger partial charge in [0.2, 0.25) is 11.8 Å². The Hall–Kier alpha value is -2.95. The Morgan fingerprint density at radius 3 is 2.36 bits per heavy atom. The summed E-state index contributed by atoms with van der Waals surface area (Å²) in [5, 5.41) is 2.85. The summed E-state index contributed by atoms with van der Waals surface area (Å²) >= 11 is 0. The molecule has 0 aliphatic heterocycles. The lowest BCUT2D eigenvalue weighted by Gasteiger charge is -2.21. The van der Waals surface area contributed by atoms with E-state index < -0.39 is 0 Å². The van der Waals surface area contributed by atoms with Crippen molar-refractivity contribution in [2.75, 3.05) is 16.8 Å². The maximum absolute atomic E-state index is 12.2. The molecule has 5 heteroatoms. The largest absolute Gasteiger partial charge is 0.326 e. The molecule has 2 rings (SSSR count). The normalized spacial score (nSPS) is 10.2. The third kappa shape index (κ3) is 5.01. The van der Waals surface area contributed by atoms with Crippen molar-refractivity contribution in [3.63, 3.8) is 0 Å². The van der Waals surface area contributed by atoms with E-state index in [2.05, 4.69) is 5.32 Å². The lowest BCUT2D eigenvalue weighted by Crippen LogP contribution is -2.32. The van der Waals surface area contributed by atoms with Crippen molar-refractivity contribution in [2.45, 2.75) is 27.2 Å². The average Bonchev–Trinajstić information content (AvgIpc) is 2.57. The number of carbonyl (C=O) groups is 3. The van der Waals surface area contributed by atoms with Crippen LogP contribution >= 0.6 is 0 Å². The minimum atomic E-state index is -0.176. The van der Waals surface area contributed by atoms with Crippen molar-refractivity contribution >= 4 is 29.0 Å². The van der Waals surface area contributed by atoms with Crippen LogP contribution in [0.1, 0.15) is 36.2 Å². The number of benzene rings is 2. The van der Waals surface area contributed by atoms with Crippen molar-refractivity contribution in [2.24, 2.45) is 0 Å². The lowest BCUT2D eigenvalue weighted by molar-refractivity contribution is -0.117. The van der Waals surface area contributed by atoms with E-state index >= 15 is 0 Å². The first-order valence-corrected chi connectivity index (χ1v) is 8.13. The number of anilines is 2. The molecule has 5 nitrogen and oxygen atoms in total.